The summed E-state index contributed by atoms with van der Waals surface area (Å²) in [6.45, 7) is 0. The van der Waals surface area contributed by atoms with Crippen LogP contribution >= 0.6 is 11.3 Å². The van der Waals surface area contributed by atoms with Gasteiger partial charge in [-0.3, -0.25) is 4.40 Å². The highest BCUT2D eigenvalue weighted by molar-refractivity contribution is 7.23. The second kappa shape index (κ2) is 25.1. The Bertz CT molecular complexity index is 7880. The molecule has 0 saturated heterocycles. The van der Waals surface area contributed by atoms with Crippen LogP contribution in [0.5, 0.6) is 0 Å². The highest BCUT2D eigenvalue weighted by atomic mass is 32.1. The van der Waals surface area contributed by atoms with Crippen molar-refractivity contribution in [3.8, 4) is 95.5 Å². The minimum Gasteiger partial charge on any atom is -0.455 e. The van der Waals surface area contributed by atoms with Crippen molar-refractivity contribution in [2.45, 2.75) is 5.41 Å². The van der Waals surface area contributed by atoms with E-state index in [2.05, 4.69) is 124 Å². The van der Waals surface area contributed by atoms with E-state index in [4.69, 9.17) is 14.4 Å². The first kappa shape index (κ1) is 64.8. The third-order valence-electron chi connectivity index (χ3n) is 22.3. The monoisotopic (exact) mass is 1480 g/mol. The summed E-state index contributed by atoms with van der Waals surface area (Å²) in [6, 6.07) is 111. The van der Waals surface area contributed by atoms with Crippen molar-refractivity contribution in [2.75, 3.05) is 0 Å². The number of rotatable bonds is 11. The molecule has 1 aliphatic carbocycles. The van der Waals surface area contributed by atoms with Crippen LogP contribution in [0.25, 0.3) is 166 Å². The maximum atomic E-state index is 15.4. The van der Waals surface area contributed by atoms with Crippen LogP contribution in [-0.2, 0) is 5.41 Å². The first-order valence-corrected chi connectivity index (χ1v) is 37.8. The molecule has 16 nitrogen and oxygen atoms in total. The normalized spacial score (nSPS) is 12.5. The van der Waals surface area contributed by atoms with Crippen LogP contribution in [0.1, 0.15) is 22.3 Å². The Morgan fingerprint density at radius 1 is 0.319 bits per heavy atom. The topological polar surface area (TPSA) is 178 Å². The van der Waals surface area contributed by atoms with E-state index in [1.165, 1.54) is 20.3 Å². The number of furan rings is 1. The van der Waals surface area contributed by atoms with Gasteiger partial charge < -0.3 is 4.42 Å². The molecule has 22 rings (SSSR count). The van der Waals surface area contributed by atoms with Crippen molar-refractivity contribution in [1.29, 1.82) is 0 Å². The van der Waals surface area contributed by atoms with E-state index in [9.17, 15) is 19.2 Å². The molecule has 0 bridgehead atoms. The Kier molecular flexibility index (Phi) is 14.4. The van der Waals surface area contributed by atoms with Crippen molar-refractivity contribution < 1.29 is 4.42 Å². The zero-order valence-electron chi connectivity index (χ0n) is 59.7. The number of hydrogen-bond donors (Lipinski definition) is 0. The third-order valence-corrected chi connectivity index (χ3v) is 23.3. The van der Waals surface area contributed by atoms with Gasteiger partial charge in [-0.15, -0.1) is 0 Å². The van der Waals surface area contributed by atoms with Crippen molar-refractivity contribution in [1.82, 2.24) is 46.8 Å². The summed E-state index contributed by atoms with van der Waals surface area (Å²) < 4.78 is 16.3. The molecule has 14 aromatic carbocycles. The van der Waals surface area contributed by atoms with Crippen LogP contribution in [0.2, 0.25) is 0 Å². The smallest absolute Gasteiger partial charge is 0.359 e. The Balaban J connectivity index is 0.565. The zero-order chi connectivity index (χ0) is 75.3. The molecule has 7 heterocycles. The van der Waals surface area contributed by atoms with E-state index < -0.39 is 33.9 Å². The summed E-state index contributed by atoms with van der Waals surface area (Å²) in [4.78, 5) is 93.1. The molecule has 0 atom stereocenters. The summed E-state index contributed by atoms with van der Waals surface area (Å²) in [5.74, 6) is 0.964. The van der Waals surface area contributed by atoms with Gasteiger partial charge in [0.1, 0.15) is 11.2 Å². The summed E-state index contributed by atoms with van der Waals surface area (Å²) in [5.41, 5.74) is 16.3. The SMILES string of the molecule is O=c1nc(-c2cccc3c2-c2ccccc2C3(c2ccccc2)c2ccccc2)n(-c2ccccc2)c(=O)n1-c1ccc(-c2cccc(-n3c(=O)nc4sc5cc(-c6ccc7oc8c(-c9ccc(-c%10nc(=O)n%11c%12ccccc%12c%12c(-c%13ccccc%13)c%13ccccc%13n%12c%11n%10)cc9)cccc8c7c6)ccc5n4c3=O)c2)cc1. The Labute approximate surface area is 644 Å². The lowest BCUT2D eigenvalue weighted by Gasteiger charge is -2.34. The van der Waals surface area contributed by atoms with Gasteiger partial charge in [-0.1, -0.05) is 278 Å². The van der Waals surface area contributed by atoms with Crippen LogP contribution in [-0.4, -0.2) is 46.8 Å². The van der Waals surface area contributed by atoms with Crippen LogP contribution in [0.15, 0.2) is 368 Å². The van der Waals surface area contributed by atoms with Gasteiger partial charge in [0.05, 0.1) is 49.2 Å². The number of thiazole rings is 1. The molecule has 0 unspecified atom stereocenters. The van der Waals surface area contributed by atoms with Gasteiger partial charge >= 0.3 is 28.4 Å². The van der Waals surface area contributed by atoms with Crippen LogP contribution in [0, 0.1) is 0 Å². The molecular formula is C96H56N10O6S. The summed E-state index contributed by atoms with van der Waals surface area (Å²) in [5, 5.41) is 3.79. The van der Waals surface area contributed by atoms with Crippen molar-refractivity contribution in [2.24, 2.45) is 0 Å². The molecule has 1 aliphatic rings. The number of para-hydroxylation sites is 4. The predicted octanol–water partition coefficient (Wildman–Crippen LogP) is 19.0. The highest BCUT2D eigenvalue weighted by Crippen LogP contribution is 2.58. The van der Waals surface area contributed by atoms with Crippen LogP contribution in [0.3, 0.4) is 0 Å². The number of fused-ring (bicyclic) bond motifs is 17. The van der Waals surface area contributed by atoms with Crippen LogP contribution < -0.4 is 28.4 Å². The molecule has 0 aliphatic heterocycles. The standard InChI is InChI=1S/C96H56N10O6S/c107-90-98-87(97-89-104-78-40-17-14-33-72(78)83(59-22-5-1-6-23-59)85(104)73-34-15-18-41-79(73)105(89)90)60-44-42-58(43-45-60)69-35-20-36-70-75-55-62(49-53-81(75)112-86(69)70)63-48-52-80-82(56-63)113-93-100-92(109)103(95(111)106(80)93)68-31-19-24-61(54-68)57-46-50-67(51-47-57)102-91(108)99-88(101(94(102)110)66-29-11-4-12-30-66)74-37-21-39-77-84(74)71-32-13-16-38-76(71)96(77,64-25-7-2-8-26-64)65-27-9-3-10-28-65/h1-56H. The summed E-state index contributed by atoms with van der Waals surface area (Å²) in [6.07, 6.45) is 0. The lowest BCUT2D eigenvalue weighted by molar-refractivity contribution is 0.670. The number of hydrogen-bond acceptors (Lipinski definition) is 11. The molecule has 17 heteroatoms. The molecular weight excluding hydrogens is 1420 g/mol. The first-order chi connectivity index (χ1) is 55.6. The van der Waals surface area contributed by atoms with Gasteiger partial charge in [0, 0.05) is 43.8 Å². The van der Waals surface area contributed by atoms with E-state index in [1.54, 1.807) is 46.9 Å². The fourth-order valence-corrected chi connectivity index (χ4v) is 18.4. The van der Waals surface area contributed by atoms with Gasteiger partial charge in [-0.25, -0.2) is 46.5 Å². The molecule has 0 fully saturated rings. The average molecular weight is 1480 g/mol. The molecule has 532 valence electrons. The molecule has 0 amide bonds. The molecule has 113 heavy (non-hydrogen) atoms. The number of benzene rings is 14. The fourth-order valence-electron chi connectivity index (χ4n) is 17.3. The molecule has 0 spiro atoms. The van der Waals surface area contributed by atoms with E-state index >= 15 is 4.79 Å². The maximum Gasteiger partial charge on any atom is 0.359 e. The molecule has 21 aromatic rings. The van der Waals surface area contributed by atoms with Crippen molar-refractivity contribution >= 4 is 81.6 Å². The average Bonchev–Trinajstić information content (AvgIpc) is 1.59. The molecule has 7 aromatic heterocycles. The van der Waals surface area contributed by atoms with Crippen molar-refractivity contribution in [3.63, 3.8) is 0 Å². The van der Waals surface area contributed by atoms with Gasteiger partial charge in [-0.05, 0) is 140 Å². The second-order valence-corrected chi connectivity index (χ2v) is 29.3. The predicted molar refractivity (Wildman–Crippen MR) is 447 cm³/mol. The minimum absolute atomic E-state index is 0.200. The van der Waals surface area contributed by atoms with Gasteiger partial charge in [0.15, 0.2) is 11.6 Å². The van der Waals surface area contributed by atoms with Gasteiger partial charge in [0.2, 0.25) is 10.7 Å². The molecule has 0 radical (unpaired) electrons. The first-order valence-electron chi connectivity index (χ1n) is 37.0. The van der Waals surface area contributed by atoms with Gasteiger partial charge in [0.25, 0.3) is 0 Å². The van der Waals surface area contributed by atoms with Gasteiger partial charge in [-0.2, -0.15) is 19.9 Å². The Morgan fingerprint density at radius 3 is 1.64 bits per heavy atom. The summed E-state index contributed by atoms with van der Waals surface area (Å²) in [7, 11) is 0. The lowest BCUT2D eigenvalue weighted by Crippen LogP contribution is -2.40. The number of nitrogens with zero attached hydrogens (tertiary/aromatic N) is 10. The number of aromatic nitrogens is 10. The quantitative estimate of drug-likeness (QED) is 0.113. The highest BCUT2D eigenvalue weighted by Gasteiger charge is 2.47. The Hall–Kier alpha value is -15.3. The van der Waals surface area contributed by atoms with E-state index in [1.807, 2.05) is 188 Å². The molecule has 0 saturated carbocycles. The largest absolute Gasteiger partial charge is 0.455 e. The summed E-state index contributed by atoms with van der Waals surface area (Å²) >= 11 is 1.25. The maximum absolute atomic E-state index is 15.4. The zero-order valence-corrected chi connectivity index (χ0v) is 60.5. The Morgan fingerprint density at radius 2 is 0.867 bits per heavy atom. The van der Waals surface area contributed by atoms with Crippen molar-refractivity contribution in [3.05, 3.63) is 414 Å². The lowest BCUT2D eigenvalue weighted by atomic mass is 9.67. The van der Waals surface area contributed by atoms with Crippen LogP contribution in [0.4, 0.5) is 0 Å². The van der Waals surface area contributed by atoms with E-state index in [-0.39, 0.29) is 16.5 Å². The van der Waals surface area contributed by atoms with E-state index in [0.29, 0.717) is 67.4 Å². The van der Waals surface area contributed by atoms with E-state index in [0.717, 1.165) is 113 Å². The fraction of sp³-hybridized carbons (Fsp3) is 0.0104. The second-order valence-electron chi connectivity index (χ2n) is 28.3. The third kappa shape index (κ3) is 9.78. The minimum atomic E-state index is -0.758. The molecule has 0 N–H and O–H groups in total.